The third-order valence-electron chi connectivity index (χ3n) is 3.26. The van der Waals surface area contributed by atoms with E-state index >= 15 is 0 Å². The zero-order valence-corrected chi connectivity index (χ0v) is 15.9. The molecule has 0 saturated carbocycles. The van der Waals surface area contributed by atoms with Crippen LogP contribution in [0.25, 0.3) is 0 Å². The molecule has 0 aliphatic rings. The van der Waals surface area contributed by atoms with Crippen LogP contribution in [0, 0.1) is 0 Å². The van der Waals surface area contributed by atoms with Crippen LogP contribution in [-0.4, -0.2) is 46.5 Å². The molecule has 6 heteroatoms. The second-order valence-corrected chi connectivity index (χ2v) is 8.01. The molecule has 0 unspecified atom stereocenters. The van der Waals surface area contributed by atoms with Gasteiger partial charge in [-0.25, -0.2) is 4.79 Å². The Balaban J connectivity index is 2.45. The van der Waals surface area contributed by atoms with Gasteiger partial charge in [0.05, 0.1) is 5.69 Å². The van der Waals surface area contributed by atoms with E-state index in [2.05, 4.69) is 31.2 Å². The Hall–Kier alpha value is -1.56. The third kappa shape index (κ3) is 6.60. The van der Waals surface area contributed by atoms with Gasteiger partial charge in [-0.05, 0) is 20.8 Å². The van der Waals surface area contributed by atoms with E-state index in [0.29, 0.717) is 13.1 Å². The van der Waals surface area contributed by atoms with E-state index in [1.807, 2.05) is 38.7 Å². The van der Waals surface area contributed by atoms with Crippen molar-refractivity contribution in [2.24, 2.45) is 7.05 Å². The molecule has 1 aromatic rings. The van der Waals surface area contributed by atoms with Crippen LogP contribution in [-0.2, 0) is 23.7 Å². The summed E-state index contributed by atoms with van der Waals surface area (Å²) in [5.74, 6) is 0. The summed E-state index contributed by atoms with van der Waals surface area (Å²) in [7, 11) is 3.69. The summed E-state index contributed by atoms with van der Waals surface area (Å²) in [5.41, 5.74) is 1.86. The molecule has 0 fully saturated rings. The SMILES string of the molecule is CN(CCNCc1cn(C)nc1C(C)(C)C)C(=O)OC(C)(C)C. The summed E-state index contributed by atoms with van der Waals surface area (Å²) < 4.78 is 7.18. The van der Waals surface area contributed by atoms with Gasteiger partial charge in [0.15, 0.2) is 0 Å². The molecule has 0 aliphatic heterocycles. The normalized spacial score (nSPS) is 12.3. The van der Waals surface area contributed by atoms with E-state index in [9.17, 15) is 4.79 Å². The summed E-state index contributed by atoms with van der Waals surface area (Å²) >= 11 is 0. The second-order valence-electron chi connectivity index (χ2n) is 8.01. The number of carbonyl (C=O) groups excluding carboxylic acids is 1. The van der Waals surface area contributed by atoms with Crippen LogP contribution in [0.3, 0.4) is 0 Å². The molecule has 0 radical (unpaired) electrons. The van der Waals surface area contributed by atoms with Gasteiger partial charge in [-0.15, -0.1) is 0 Å². The zero-order valence-electron chi connectivity index (χ0n) is 15.9. The fourth-order valence-corrected chi connectivity index (χ4v) is 2.20. The minimum atomic E-state index is -0.462. The zero-order chi connectivity index (χ0) is 17.8. The summed E-state index contributed by atoms with van der Waals surface area (Å²) in [6.45, 7) is 14.1. The minimum Gasteiger partial charge on any atom is -0.444 e. The first-order valence-electron chi connectivity index (χ1n) is 8.08. The van der Waals surface area contributed by atoms with Crippen molar-refractivity contribution in [1.82, 2.24) is 20.0 Å². The second kappa shape index (κ2) is 7.34. The molecule has 0 spiro atoms. The predicted octanol–water partition coefficient (Wildman–Crippen LogP) is 2.67. The molecule has 0 bridgehead atoms. The number of aryl methyl sites for hydroxylation is 1. The van der Waals surface area contributed by atoms with Crippen LogP contribution in [0.5, 0.6) is 0 Å². The van der Waals surface area contributed by atoms with E-state index in [4.69, 9.17) is 4.74 Å². The third-order valence-corrected chi connectivity index (χ3v) is 3.26. The standard InChI is InChI=1S/C17H32N4O2/c1-16(2,3)14-13(12-21(8)19-14)11-18-9-10-20(7)15(22)23-17(4,5)6/h12,18H,9-11H2,1-8H3. The summed E-state index contributed by atoms with van der Waals surface area (Å²) in [4.78, 5) is 13.5. The van der Waals surface area contributed by atoms with E-state index < -0.39 is 5.60 Å². The lowest BCUT2D eigenvalue weighted by Crippen LogP contribution is -2.38. The molecule has 1 N–H and O–H groups in total. The average molecular weight is 324 g/mol. The molecule has 1 aromatic heterocycles. The number of nitrogens with one attached hydrogen (secondary N) is 1. The minimum absolute atomic E-state index is 0.0194. The average Bonchev–Trinajstić information content (AvgIpc) is 2.73. The highest BCUT2D eigenvalue weighted by molar-refractivity contribution is 5.67. The Bertz CT molecular complexity index is 524. The first-order valence-corrected chi connectivity index (χ1v) is 8.08. The van der Waals surface area contributed by atoms with Crippen LogP contribution < -0.4 is 5.32 Å². The molecule has 23 heavy (non-hydrogen) atoms. The fourth-order valence-electron chi connectivity index (χ4n) is 2.20. The molecule has 0 aliphatic carbocycles. The van der Waals surface area contributed by atoms with Gasteiger partial charge in [0, 0.05) is 50.9 Å². The van der Waals surface area contributed by atoms with E-state index in [0.717, 1.165) is 12.2 Å². The quantitative estimate of drug-likeness (QED) is 0.846. The predicted molar refractivity (Wildman–Crippen MR) is 92.5 cm³/mol. The van der Waals surface area contributed by atoms with Crippen molar-refractivity contribution in [2.45, 2.75) is 59.1 Å². The van der Waals surface area contributed by atoms with Gasteiger partial charge < -0.3 is 15.0 Å². The number of aromatic nitrogens is 2. The molecule has 1 heterocycles. The molecular formula is C17H32N4O2. The molecule has 0 aromatic carbocycles. The largest absolute Gasteiger partial charge is 0.444 e. The van der Waals surface area contributed by atoms with Crippen molar-refractivity contribution in [3.63, 3.8) is 0 Å². The highest BCUT2D eigenvalue weighted by atomic mass is 16.6. The maximum Gasteiger partial charge on any atom is 0.410 e. The van der Waals surface area contributed by atoms with Crippen molar-refractivity contribution >= 4 is 6.09 Å². The number of rotatable bonds is 5. The van der Waals surface area contributed by atoms with Gasteiger partial charge >= 0.3 is 6.09 Å². The number of amides is 1. The fraction of sp³-hybridized carbons (Fsp3) is 0.765. The Kier molecular flexibility index (Phi) is 6.22. The maximum atomic E-state index is 11.9. The first-order chi connectivity index (χ1) is 10.4. The summed E-state index contributed by atoms with van der Waals surface area (Å²) in [5, 5.41) is 7.93. The number of hydrogen-bond donors (Lipinski definition) is 1. The Morgan fingerprint density at radius 2 is 1.91 bits per heavy atom. The smallest absolute Gasteiger partial charge is 0.410 e. The monoisotopic (exact) mass is 324 g/mol. The van der Waals surface area contributed by atoms with Crippen molar-refractivity contribution in [1.29, 1.82) is 0 Å². The summed E-state index contributed by atoms with van der Waals surface area (Å²) in [6.07, 6.45) is 1.75. The van der Waals surface area contributed by atoms with E-state index in [-0.39, 0.29) is 11.5 Å². The van der Waals surface area contributed by atoms with Crippen LogP contribution in [0.1, 0.15) is 52.8 Å². The Morgan fingerprint density at radius 1 is 1.30 bits per heavy atom. The van der Waals surface area contributed by atoms with Gasteiger partial charge in [-0.3, -0.25) is 4.68 Å². The Morgan fingerprint density at radius 3 is 2.43 bits per heavy atom. The van der Waals surface area contributed by atoms with E-state index in [1.165, 1.54) is 5.56 Å². The lowest BCUT2D eigenvalue weighted by Gasteiger charge is -2.24. The highest BCUT2D eigenvalue weighted by Gasteiger charge is 2.22. The van der Waals surface area contributed by atoms with Crippen LogP contribution in [0.15, 0.2) is 6.20 Å². The lowest BCUT2D eigenvalue weighted by molar-refractivity contribution is 0.0300. The number of carbonyl (C=O) groups is 1. The van der Waals surface area contributed by atoms with Crippen molar-refractivity contribution in [2.75, 3.05) is 20.1 Å². The van der Waals surface area contributed by atoms with Gasteiger partial charge in [0.2, 0.25) is 0 Å². The van der Waals surface area contributed by atoms with Gasteiger partial charge in [0.1, 0.15) is 5.60 Å². The van der Waals surface area contributed by atoms with Gasteiger partial charge in [-0.1, -0.05) is 20.8 Å². The molecule has 0 saturated heterocycles. The van der Waals surface area contributed by atoms with Crippen molar-refractivity contribution in [3.05, 3.63) is 17.5 Å². The molecule has 0 atom stereocenters. The van der Waals surface area contributed by atoms with Crippen molar-refractivity contribution in [3.8, 4) is 0 Å². The Labute approximate surface area is 140 Å². The van der Waals surface area contributed by atoms with Crippen LogP contribution in [0.4, 0.5) is 4.79 Å². The number of hydrogen-bond acceptors (Lipinski definition) is 4. The number of ether oxygens (including phenoxy) is 1. The number of nitrogens with zero attached hydrogens (tertiary/aromatic N) is 3. The van der Waals surface area contributed by atoms with Crippen LogP contribution >= 0.6 is 0 Å². The topological polar surface area (TPSA) is 59.4 Å². The molecule has 132 valence electrons. The lowest BCUT2D eigenvalue weighted by atomic mass is 9.89. The molecular weight excluding hydrogens is 292 g/mol. The maximum absolute atomic E-state index is 11.9. The molecule has 1 amide bonds. The van der Waals surface area contributed by atoms with Crippen LogP contribution in [0.2, 0.25) is 0 Å². The van der Waals surface area contributed by atoms with Gasteiger partial charge in [-0.2, -0.15) is 5.10 Å². The van der Waals surface area contributed by atoms with E-state index in [1.54, 1.807) is 11.9 Å². The highest BCUT2D eigenvalue weighted by Crippen LogP contribution is 2.23. The first kappa shape index (κ1) is 19.5. The molecule has 6 nitrogen and oxygen atoms in total. The summed E-state index contributed by atoms with van der Waals surface area (Å²) in [6, 6.07) is 0. The van der Waals surface area contributed by atoms with Crippen molar-refractivity contribution < 1.29 is 9.53 Å². The van der Waals surface area contributed by atoms with Gasteiger partial charge in [0.25, 0.3) is 0 Å². The molecule has 1 rings (SSSR count). The number of likely N-dealkylation sites (N-methyl/N-ethyl adjacent to an activating group) is 1.